The number of nitrogens with one attached hydrogen (secondary N) is 1. The molecule has 7 heteroatoms. The lowest BCUT2D eigenvalue weighted by atomic mass is 10.0. The summed E-state index contributed by atoms with van der Waals surface area (Å²) < 4.78 is 28.8. The van der Waals surface area contributed by atoms with Crippen molar-refractivity contribution in [3.63, 3.8) is 0 Å². The molecule has 2 heterocycles. The van der Waals surface area contributed by atoms with Gasteiger partial charge in [-0.1, -0.05) is 19.1 Å². The van der Waals surface area contributed by atoms with Crippen molar-refractivity contribution in [1.29, 1.82) is 0 Å². The molecule has 0 bridgehead atoms. The molecule has 3 rings (SSSR count). The molecular formula is C19H25N3O3S. The van der Waals surface area contributed by atoms with Gasteiger partial charge in [-0.15, -0.1) is 0 Å². The van der Waals surface area contributed by atoms with E-state index in [9.17, 15) is 13.2 Å². The molecule has 0 unspecified atom stereocenters. The van der Waals surface area contributed by atoms with Crippen molar-refractivity contribution in [1.82, 2.24) is 8.87 Å². The SMILES string of the molecule is Cc1cccc(NC(=O)c2cc(S(=O)(=O)N3CCC(C)CC3)cn2C)c1. The fourth-order valence-electron chi connectivity index (χ4n) is 3.19. The summed E-state index contributed by atoms with van der Waals surface area (Å²) >= 11 is 0. The van der Waals surface area contributed by atoms with Crippen molar-refractivity contribution < 1.29 is 13.2 Å². The van der Waals surface area contributed by atoms with Crippen LogP contribution < -0.4 is 5.32 Å². The van der Waals surface area contributed by atoms with Crippen LogP contribution in [0, 0.1) is 12.8 Å². The molecular weight excluding hydrogens is 350 g/mol. The number of amides is 1. The number of benzene rings is 1. The molecule has 0 radical (unpaired) electrons. The molecule has 26 heavy (non-hydrogen) atoms. The van der Waals surface area contributed by atoms with Gasteiger partial charge in [-0.3, -0.25) is 4.79 Å². The van der Waals surface area contributed by atoms with Gasteiger partial charge in [0.05, 0.1) is 0 Å². The Labute approximate surface area is 154 Å². The molecule has 6 nitrogen and oxygen atoms in total. The molecule has 1 saturated heterocycles. The Kier molecular flexibility index (Phi) is 5.20. The number of nitrogens with zero attached hydrogens (tertiary/aromatic N) is 2. The summed E-state index contributed by atoms with van der Waals surface area (Å²) in [6.07, 6.45) is 3.25. The third kappa shape index (κ3) is 3.83. The Balaban J connectivity index is 1.81. The third-order valence-corrected chi connectivity index (χ3v) is 6.73. The fraction of sp³-hybridized carbons (Fsp3) is 0.421. The summed E-state index contributed by atoms with van der Waals surface area (Å²) in [6, 6.07) is 8.94. The van der Waals surface area contributed by atoms with E-state index in [1.165, 1.54) is 16.6 Å². The third-order valence-electron chi connectivity index (χ3n) is 4.87. The zero-order valence-corrected chi connectivity index (χ0v) is 16.2. The summed E-state index contributed by atoms with van der Waals surface area (Å²) in [5.41, 5.74) is 2.04. The highest BCUT2D eigenvalue weighted by Gasteiger charge is 2.30. The molecule has 1 fully saturated rings. The number of carbonyl (C=O) groups is 1. The van der Waals surface area contributed by atoms with Gasteiger partial charge < -0.3 is 9.88 Å². The molecule has 2 aromatic rings. The van der Waals surface area contributed by atoms with Crippen LogP contribution in [-0.2, 0) is 17.1 Å². The van der Waals surface area contributed by atoms with Crippen LogP contribution in [0.15, 0.2) is 41.4 Å². The molecule has 0 aliphatic carbocycles. The van der Waals surface area contributed by atoms with Crippen molar-refractivity contribution in [3.8, 4) is 0 Å². The molecule has 0 saturated carbocycles. The highest BCUT2D eigenvalue weighted by atomic mass is 32.2. The predicted molar refractivity (Wildman–Crippen MR) is 102 cm³/mol. The summed E-state index contributed by atoms with van der Waals surface area (Å²) in [7, 11) is -1.88. The zero-order chi connectivity index (χ0) is 18.9. The monoisotopic (exact) mass is 375 g/mol. The number of rotatable bonds is 4. The molecule has 0 atom stereocenters. The van der Waals surface area contributed by atoms with E-state index >= 15 is 0 Å². The van der Waals surface area contributed by atoms with Crippen molar-refractivity contribution in [2.45, 2.75) is 31.6 Å². The molecule has 1 amide bonds. The number of anilines is 1. The van der Waals surface area contributed by atoms with E-state index in [2.05, 4.69) is 12.2 Å². The summed E-state index contributed by atoms with van der Waals surface area (Å²) in [5, 5.41) is 2.82. The Morgan fingerprint density at radius 3 is 2.54 bits per heavy atom. The highest BCUT2D eigenvalue weighted by Crippen LogP contribution is 2.25. The van der Waals surface area contributed by atoms with Crippen LogP contribution in [-0.4, -0.2) is 36.3 Å². The van der Waals surface area contributed by atoms with Crippen molar-refractivity contribution in [3.05, 3.63) is 47.8 Å². The maximum absolute atomic E-state index is 12.9. The molecule has 0 spiro atoms. The number of aromatic nitrogens is 1. The van der Waals surface area contributed by atoms with Gasteiger partial charge in [-0.05, 0) is 49.4 Å². The van der Waals surface area contributed by atoms with E-state index in [0.29, 0.717) is 30.4 Å². The van der Waals surface area contributed by atoms with Crippen LogP contribution in [0.25, 0.3) is 0 Å². The molecule has 1 N–H and O–H groups in total. The lowest BCUT2D eigenvalue weighted by molar-refractivity contribution is 0.101. The maximum atomic E-state index is 12.9. The van der Waals surface area contributed by atoms with Crippen LogP contribution in [0.5, 0.6) is 0 Å². The summed E-state index contributed by atoms with van der Waals surface area (Å²) in [5.74, 6) is 0.222. The lowest BCUT2D eigenvalue weighted by Gasteiger charge is -2.29. The Morgan fingerprint density at radius 1 is 1.19 bits per heavy atom. The fourth-order valence-corrected chi connectivity index (χ4v) is 4.73. The normalized spacial score (nSPS) is 16.6. The first kappa shape index (κ1) is 18.7. The van der Waals surface area contributed by atoms with Crippen LogP contribution in [0.4, 0.5) is 5.69 Å². The minimum absolute atomic E-state index is 0.170. The average Bonchev–Trinajstić information content (AvgIpc) is 2.98. The minimum atomic E-state index is -3.57. The van der Waals surface area contributed by atoms with Crippen molar-refractivity contribution >= 4 is 21.6 Å². The second kappa shape index (κ2) is 7.25. The number of sulfonamides is 1. The topological polar surface area (TPSA) is 71.4 Å². The van der Waals surface area contributed by atoms with Gasteiger partial charge in [-0.2, -0.15) is 4.31 Å². The van der Waals surface area contributed by atoms with Crippen LogP contribution >= 0.6 is 0 Å². The van der Waals surface area contributed by atoms with Crippen LogP contribution in [0.1, 0.15) is 35.8 Å². The molecule has 140 valence electrons. The van der Waals surface area contributed by atoms with Gasteiger partial charge in [0.1, 0.15) is 10.6 Å². The Hall–Kier alpha value is -2.12. The number of hydrogen-bond donors (Lipinski definition) is 1. The standard InChI is InChI=1S/C19H25N3O3S/c1-14-7-9-22(10-8-14)26(24,25)17-12-18(21(3)13-17)19(23)20-16-6-4-5-15(2)11-16/h4-6,11-14H,7-10H2,1-3H3,(H,20,23). The minimum Gasteiger partial charge on any atom is -0.345 e. The smallest absolute Gasteiger partial charge is 0.272 e. The summed E-state index contributed by atoms with van der Waals surface area (Å²) in [4.78, 5) is 12.7. The number of hydrogen-bond acceptors (Lipinski definition) is 3. The lowest BCUT2D eigenvalue weighted by Crippen LogP contribution is -2.37. The quantitative estimate of drug-likeness (QED) is 0.893. The number of piperidine rings is 1. The van der Waals surface area contributed by atoms with E-state index in [1.54, 1.807) is 17.7 Å². The van der Waals surface area contributed by atoms with Gasteiger partial charge in [0.25, 0.3) is 5.91 Å². The van der Waals surface area contributed by atoms with E-state index in [-0.39, 0.29) is 10.8 Å². The first-order valence-corrected chi connectivity index (χ1v) is 10.3. The van der Waals surface area contributed by atoms with E-state index < -0.39 is 10.0 Å². The highest BCUT2D eigenvalue weighted by molar-refractivity contribution is 7.89. The zero-order valence-electron chi connectivity index (χ0n) is 15.4. The van der Waals surface area contributed by atoms with Gasteiger partial charge in [-0.25, -0.2) is 8.42 Å². The van der Waals surface area contributed by atoms with Crippen LogP contribution in [0.2, 0.25) is 0 Å². The first-order chi connectivity index (χ1) is 12.3. The van der Waals surface area contributed by atoms with Gasteiger partial charge >= 0.3 is 0 Å². The van der Waals surface area contributed by atoms with Gasteiger partial charge in [0.2, 0.25) is 10.0 Å². The van der Waals surface area contributed by atoms with Crippen molar-refractivity contribution in [2.75, 3.05) is 18.4 Å². The molecule has 1 aromatic heterocycles. The van der Waals surface area contributed by atoms with Gasteiger partial charge in [0, 0.05) is 32.0 Å². The molecule has 1 aliphatic rings. The van der Waals surface area contributed by atoms with E-state index in [0.717, 1.165) is 18.4 Å². The Morgan fingerprint density at radius 2 is 1.88 bits per heavy atom. The first-order valence-electron chi connectivity index (χ1n) is 8.82. The summed E-state index contributed by atoms with van der Waals surface area (Å²) in [6.45, 7) is 5.15. The maximum Gasteiger partial charge on any atom is 0.272 e. The number of carbonyl (C=O) groups excluding carboxylic acids is 1. The predicted octanol–water partition coefficient (Wildman–Crippen LogP) is 3.01. The second-order valence-electron chi connectivity index (χ2n) is 7.08. The molecule has 1 aromatic carbocycles. The van der Waals surface area contributed by atoms with Gasteiger partial charge in [0.15, 0.2) is 0 Å². The van der Waals surface area contributed by atoms with Crippen LogP contribution in [0.3, 0.4) is 0 Å². The Bertz CT molecular complexity index is 910. The second-order valence-corrected chi connectivity index (χ2v) is 9.02. The van der Waals surface area contributed by atoms with E-state index in [4.69, 9.17) is 0 Å². The molecule has 1 aliphatic heterocycles. The largest absolute Gasteiger partial charge is 0.345 e. The number of aryl methyl sites for hydroxylation is 2. The average molecular weight is 375 g/mol. The van der Waals surface area contributed by atoms with Crippen molar-refractivity contribution in [2.24, 2.45) is 13.0 Å². The van der Waals surface area contributed by atoms with E-state index in [1.807, 2.05) is 25.1 Å².